The molecule has 1 aliphatic heterocycles. The summed E-state index contributed by atoms with van der Waals surface area (Å²) in [4.78, 5) is 2.33. The maximum Gasteiger partial charge on any atom is 0.119 e. The quantitative estimate of drug-likeness (QED) is 0.811. The highest BCUT2D eigenvalue weighted by Gasteiger charge is 2.18. The maximum atomic E-state index is 5.74. The maximum absolute atomic E-state index is 5.74. The van der Waals surface area contributed by atoms with Crippen LogP contribution in [-0.4, -0.2) is 57.0 Å². The first kappa shape index (κ1) is 15.1. The molecule has 1 aromatic rings. The van der Waals surface area contributed by atoms with Crippen molar-refractivity contribution < 1.29 is 14.2 Å². The Labute approximate surface area is 120 Å². The van der Waals surface area contributed by atoms with Crippen LogP contribution in [0.25, 0.3) is 0 Å². The van der Waals surface area contributed by atoms with E-state index in [0.29, 0.717) is 19.8 Å². The third kappa shape index (κ3) is 4.67. The molecular formula is C15H24N2O3. The van der Waals surface area contributed by atoms with Crippen molar-refractivity contribution in [2.45, 2.75) is 13.0 Å². The highest BCUT2D eigenvalue weighted by Crippen LogP contribution is 2.17. The van der Waals surface area contributed by atoms with Crippen LogP contribution in [0.5, 0.6) is 11.5 Å². The van der Waals surface area contributed by atoms with Gasteiger partial charge in [0.25, 0.3) is 0 Å². The van der Waals surface area contributed by atoms with E-state index in [0.717, 1.165) is 37.7 Å². The van der Waals surface area contributed by atoms with Crippen LogP contribution in [-0.2, 0) is 4.74 Å². The number of nitrogens with two attached hydrogens (primary N) is 1. The number of ether oxygens (including phenoxy) is 3. The molecule has 5 heteroatoms. The first-order chi connectivity index (χ1) is 9.81. The highest BCUT2D eigenvalue weighted by atomic mass is 16.5. The van der Waals surface area contributed by atoms with E-state index in [4.69, 9.17) is 19.9 Å². The lowest BCUT2D eigenvalue weighted by atomic mass is 10.3. The van der Waals surface area contributed by atoms with Crippen molar-refractivity contribution in [1.82, 2.24) is 4.90 Å². The second-order valence-electron chi connectivity index (χ2n) is 4.78. The average molecular weight is 280 g/mol. The van der Waals surface area contributed by atoms with Crippen LogP contribution in [0.1, 0.15) is 6.92 Å². The second-order valence-corrected chi connectivity index (χ2v) is 4.78. The van der Waals surface area contributed by atoms with E-state index in [2.05, 4.69) is 4.90 Å². The molecule has 112 valence electrons. The van der Waals surface area contributed by atoms with Gasteiger partial charge in [0.15, 0.2) is 0 Å². The first-order valence-corrected chi connectivity index (χ1v) is 7.21. The summed E-state index contributed by atoms with van der Waals surface area (Å²) in [7, 11) is 0. The molecule has 2 rings (SSSR count). The summed E-state index contributed by atoms with van der Waals surface area (Å²) < 4.78 is 16.7. The highest BCUT2D eigenvalue weighted by molar-refractivity contribution is 5.31. The van der Waals surface area contributed by atoms with E-state index in [-0.39, 0.29) is 6.10 Å². The van der Waals surface area contributed by atoms with Gasteiger partial charge in [0, 0.05) is 26.2 Å². The molecule has 20 heavy (non-hydrogen) atoms. The fourth-order valence-electron chi connectivity index (χ4n) is 2.22. The number of hydrogen-bond acceptors (Lipinski definition) is 5. The Morgan fingerprint density at radius 3 is 2.60 bits per heavy atom. The van der Waals surface area contributed by atoms with Crippen molar-refractivity contribution in [3.8, 4) is 11.5 Å². The molecule has 1 unspecified atom stereocenters. The molecule has 0 aliphatic carbocycles. The minimum atomic E-state index is 0.161. The van der Waals surface area contributed by atoms with Crippen LogP contribution in [0.3, 0.4) is 0 Å². The van der Waals surface area contributed by atoms with E-state index in [1.165, 1.54) is 0 Å². The summed E-state index contributed by atoms with van der Waals surface area (Å²) in [6, 6.07) is 7.73. The summed E-state index contributed by atoms with van der Waals surface area (Å²) in [6.45, 7) is 7.40. The Kier molecular flexibility index (Phi) is 6.11. The van der Waals surface area contributed by atoms with Crippen LogP contribution >= 0.6 is 0 Å². The standard InChI is InChI=1S/C15H24N2O3/c1-2-18-13-3-5-14(6-4-13)19-9-7-17-8-10-20-15(11-16)12-17/h3-6,15H,2,7-12,16H2,1H3. The summed E-state index contributed by atoms with van der Waals surface area (Å²) in [6.07, 6.45) is 0.161. The van der Waals surface area contributed by atoms with E-state index < -0.39 is 0 Å². The molecule has 0 aromatic heterocycles. The SMILES string of the molecule is CCOc1ccc(OCCN2CCOC(CN)C2)cc1. The van der Waals surface area contributed by atoms with E-state index in [1.807, 2.05) is 31.2 Å². The molecular weight excluding hydrogens is 256 g/mol. The van der Waals surface area contributed by atoms with E-state index >= 15 is 0 Å². The zero-order chi connectivity index (χ0) is 14.2. The van der Waals surface area contributed by atoms with Gasteiger partial charge in [-0.25, -0.2) is 0 Å². The zero-order valence-corrected chi connectivity index (χ0v) is 12.1. The van der Waals surface area contributed by atoms with Gasteiger partial charge >= 0.3 is 0 Å². The van der Waals surface area contributed by atoms with Gasteiger partial charge in [-0.15, -0.1) is 0 Å². The fraction of sp³-hybridized carbons (Fsp3) is 0.600. The van der Waals surface area contributed by atoms with Gasteiger partial charge in [0.2, 0.25) is 0 Å². The number of morpholine rings is 1. The van der Waals surface area contributed by atoms with Crippen LogP contribution in [0.2, 0.25) is 0 Å². The zero-order valence-electron chi connectivity index (χ0n) is 12.1. The van der Waals surface area contributed by atoms with Crippen LogP contribution in [0.4, 0.5) is 0 Å². The van der Waals surface area contributed by atoms with Gasteiger partial charge in [-0.2, -0.15) is 0 Å². The van der Waals surface area contributed by atoms with Crippen molar-refractivity contribution in [2.24, 2.45) is 5.73 Å². The molecule has 5 nitrogen and oxygen atoms in total. The molecule has 1 atom stereocenters. The topological polar surface area (TPSA) is 57.0 Å². The number of hydrogen-bond donors (Lipinski definition) is 1. The van der Waals surface area contributed by atoms with Gasteiger partial charge in [0.05, 0.1) is 19.3 Å². The average Bonchev–Trinajstić information content (AvgIpc) is 2.50. The van der Waals surface area contributed by atoms with Crippen molar-refractivity contribution in [2.75, 3.05) is 46.0 Å². The number of rotatable bonds is 7. The molecule has 1 aromatic carbocycles. The molecule has 0 amide bonds. The Bertz CT molecular complexity index is 383. The molecule has 0 saturated carbocycles. The van der Waals surface area contributed by atoms with Gasteiger partial charge in [0.1, 0.15) is 18.1 Å². The van der Waals surface area contributed by atoms with Crippen molar-refractivity contribution >= 4 is 0 Å². The van der Waals surface area contributed by atoms with E-state index in [1.54, 1.807) is 0 Å². The van der Waals surface area contributed by atoms with Crippen LogP contribution in [0.15, 0.2) is 24.3 Å². The molecule has 0 radical (unpaired) electrons. The smallest absolute Gasteiger partial charge is 0.119 e. The lowest BCUT2D eigenvalue weighted by molar-refractivity contribution is -0.0261. The molecule has 1 saturated heterocycles. The molecule has 0 bridgehead atoms. The van der Waals surface area contributed by atoms with Gasteiger partial charge in [-0.3, -0.25) is 4.90 Å². The summed E-state index contributed by atoms with van der Waals surface area (Å²) >= 11 is 0. The van der Waals surface area contributed by atoms with Crippen molar-refractivity contribution in [3.63, 3.8) is 0 Å². The number of benzene rings is 1. The van der Waals surface area contributed by atoms with Gasteiger partial charge in [-0.1, -0.05) is 0 Å². The van der Waals surface area contributed by atoms with Crippen molar-refractivity contribution in [3.05, 3.63) is 24.3 Å². The molecule has 1 heterocycles. The largest absolute Gasteiger partial charge is 0.494 e. The third-order valence-electron chi connectivity index (χ3n) is 3.30. The predicted molar refractivity (Wildman–Crippen MR) is 78.3 cm³/mol. The monoisotopic (exact) mass is 280 g/mol. The molecule has 1 aliphatic rings. The Hall–Kier alpha value is -1.30. The van der Waals surface area contributed by atoms with Crippen molar-refractivity contribution in [1.29, 1.82) is 0 Å². The normalized spacial score (nSPS) is 19.8. The second kappa shape index (κ2) is 8.09. The molecule has 1 fully saturated rings. The summed E-state index contributed by atoms with van der Waals surface area (Å²) in [5, 5.41) is 0. The van der Waals surface area contributed by atoms with E-state index in [9.17, 15) is 0 Å². The minimum absolute atomic E-state index is 0.161. The lowest BCUT2D eigenvalue weighted by Crippen LogP contribution is -2.46. The predicted octanol–water partition coefficient (Wildman–Crippen LogP) is 1.12. The first-order valence-electron chi connectivity index (χ1n) is 7.21. The fourth-order valence-corrected chi connectivity index (χ4v) is 2.22. The van der Waals surface area contributed by atoms with Gasteiger partial charge in [-0.05, 0) is 31.2 Å². The Balaban J connectivity index is 1.69. The Morgan fingerprint density at radius 2 is 1.95 bits per heavy atom. The number of nitrogens with zero attached hydrogens (tertiary/aromatic N) is 1. The van der Waals surface area contributed by atoms with Crippen LogP contribution in [0, 0.1) is 0 Å². The summed E-state index contributed by atoms with van der Waals surface area (Å²) in [5.74, 6) is 1.75. The minimum Gasteiger partial charge on any atom is -0.494 e. The molecule has 0 spiro atoms. The lowest BCUT2D eigenvalue weighted by Gasteiger charge is -2.32. The molecule has 2 N–H and O–H groups in total. The van der Waals surface area contributed by atoms with Gasteiger partial charge < -0.3 is 19.9 Å². The van der Waals surface area contributed by atoms with Crippen LogP contribution < -0.4 is 15.2 Å². The third-order valence-corrected chi connectivity index (χ3v) is 3.30. The summed E-state index contributed by atoms with van der Waals surface area (Å²) in [5.41, 5.74) is 5.63. The Morgan fingerprint density at radius 1 is 1.25 bits per heavy atom.